The van der Waals surface area contributed by atoms with Gasteiger partial charge in [0.05, 0.1) is 10.5 Å². The van der Waals surface area contributed by atoms with E-state index in [0.717, 1.165) is 19.3 Å². The molecule has 0 amide bonds. The van der Waals surface area contributed by atoms with Crippen molar-refractivity contribution in [2.24, 2.45) is 5.41 Å². The molecule has 2 rings (SSSR count). The van der Waals surface area contributed by atoms with Crippen LogP contribution in [0.1, 0.15) is 43.5 Å². The van der Waals surface area contributed by atoms with Crippen LogP contribution in [0.5, 0.6) is 0 Å². The minimum absolute atomic E-state index is 0.0475. The maximum atomic E-state index is 12.3. The summed E-state index contributed by atoms with van der Waals surface area (Å²) >= 11 is 0. The Bertz CT molecular complexity index is 605. The molecule has 0 aromatic heterocycles. The fraction of sp³-hybridized carbons (Fsp3) is 0.500. The molecule has 1 aliphatic carbocycles. The molecule has 1 aromatic carbocycles. The predicted octanol–water partition coefficient (Wildman–Crippen LogP) is 2.24. The maximum Gasteiger partial charge on any atom is 0.335 e. The van der Waals surface area contributed by atoms with Crippen LogP contribution in [0, 0.1) is 5.41 Å². The molecule has 0 bridgehead atoms. The minimum atomic E-state index is -3.60. The van der Waals surface area contributed by atoms with E-state index in [1.54, 1.807) is 0 Å². The average Bonchev–Trinajstić information content (AvgIpc) is 2.68. The predicted molar refractivity (Wildman–Crippen MR) is 75.1 cm³/mol. The van der Waals surface area contributed by atoms with E-state index in [9.17, 15) is 13.2 Å². The van der Waals surface area contributed by atoms with Crippen molar-refractivity contribution in [3.8, 4) is 0 Å². The molecule has 1 aromatic rings. The molecule has 0 aliphatic heterocycles. The van der Waals surface area contributed by atoms with E-state index in [1.165, 1.54) is 24.3 Å². The number of aromatic carboxylic acids is 1. The Labute approximate surface area is 119 Å². The third-order valence-corrected chi connectivity index (χ3v) is 5.45. The van der Waals surface area contributed by atoms with Gasteiger partial charge in [0.25, 0.3) is 0 Å². The van der Waals surface area contributed by atoms with Crippen LogP contribution in [0.2, 0.25) is 0 Å². The van der Waals surface area contributed by atoms with E-state index in [0.29, 0.717) is 0 Å². The highest BCUT2D eigenvalue weighted by Gasteiger charge is 2.37. The molecule has 110 valence electrons. The Kier molecular flexibility index (Phi) is 3.88. The summed E-state index contributed by atoms with van der Waals surface area (Å²) in [4.78, 5) is 10.9. The van der Waals surface area contributed by atoms with E-state index in [-0.39, 0.29) is 21.9 Å². The van der Waals surface area contributed by atoms with Crippen LogP contribution < -0.4 is 4.72 Å². The molecule has 0 spiro atoms. The van der Waals surface area contributed by atoms with E-state index in [1.807, 2.05) is 0 Å². The zero-order valence-electron chi connectivity index (χ0n) is 11.6. The molecule has 0 radical (unpaired) electrons. The molecule has 5 nitrogen and oxygen atoms in total. The monoisotopic (exact) mass is 297 g/mol. The van der Waals surface area contributed by atoms with Gasteiger partial charge >= 0.3 is 5.97 Å². The second-order valence-corrected chi connectivity index (χ2v) is 7.60. The van der Waals surface area contributed by atoms with Crippen molar-refractivity contribution in [1.82, 2.24) is 4.72 Å². The molecule has 1 atom stereocenters. The van der Waals surface area contributed by atoms with Gasteiger partial charge in [-0.3, -0.25) is 0 Å². The second-order valence-electron chi connectivity index (χ2n) is 5.88. The van der Waals surface area contributed by atoms with Gasteiger partial charge in [0.1, 0.15) is 0 Å². The van der Waals surface area contributed by atoms with Crippen molar-refractivity contribution in [2.45, 2.75) is 44.0 Å². The molecule has 6 heteroatoms. The van der Waals surface area contributed by atoms with Gasteiger partial charge in [-0.2, -0.15) is 0 Å². The number of carboxylic acid groups (broad SMARTS) is 1. The third-order valence-electron chi connectivity index (χ3n) is 3.97. The van der Waals surface area contributed by atoms with Crippen molar-refractivity contribution in [2.75, 3.05) is 0 Å². The number of sulfonamides is 1. The Morgan fingerprint density at radius 3 is 2.35 bits per heavy atom. The summed E-state index contributed by atoms with van der Waals surface area (Å²) in [5, 5.41) is 8.81. The molecule has 1 unspecified atom stereocenters. The van der Waals surface area contributed by atoms with Crippen molar-refractivity contribution in [3.05, 3.63) is 29.8 Å². The standard InChI is InChI=1S/C14H19NO4S/c1-14(2)9-3-4-12(14)15-20(18,19)11-7-5-10(6-8-11)13(16)17/h5-8,12,15H,3-4,9H2,1-2H3,(H,16,17). The van der Waals surface area contributed by atoms with Crippen LogP contribution in [0.4, 0.5) is 0 Å². The second kappa shape index (κ2) is 5.18. The van der Waals surface area contributed by atoms with Gasteiger partial charge in [0.2, 0.25) is 10.0 Å². The number of rotatable bonds is 4. The first-order valence-corrected chi connectivity index (χ1v) is 8.06. The summed E-state index contributed by atoms with van der Waals surface area (Å²) in [5.74, 6) is -1.07. The number of hydrogen-bond donors (Lipinski definition) is 2. The van der Waals surface area contributed by atoms with Crippen LogP contribution in [0.25, 0.3) is 0 Å². The SMILES string of the molecule is CC1(C)CCCC1NS(=O)(=O)c1ccc(C(=O)O)cc1. The minimum Gasteiger partial charge on any atom is -0.478 e. The zero-order chi connectivity index (χ0) is 15.0. The highest BCUT2D eigenvalue weighted by atomic mass is 32.2. The van der Waals surface area contributed by atoms with E-state index in [4.69, 9.17) is 5.11 Å². The van der Waals surface area contributed by atoms with Crippen molar-refractivity contribution < 1.29 is 18.3 Å². The summed E-state index contributed by atoms with van der Waals surface area (Å²) < 4.78 is 27.3. The third kappa shape index (κ3) is 3.02. The lowest BCUT2D eigenvalue weighted by Gasteiger charge is -2.27. The van der Waals surface area contributed by atoms with Gasteiger partial charge in [-0.1, -0.05) is 20.3 Å². The summed E-state index contributed by atoms with van der Waals surface area (Å²) in [6.07, 6.45) is 2.84. The van der Waals surface area contributed by atoms with Crippen LogP contribution >= 0.6 is 0 Å². The Hall–Kier alpha value is -1.40. The summed E-state index contributed by atoms with van der Waals surface area (Å²) in [5.41, 5.74) is 0.0267. The molecular weight excluding hydrogens is 278 g/mol. The highest BCUT2D eigenvalue weighted by molar-refractivity contribution is 7.89. The molecule has 0 saturated heterocycles. The lowest BCUT2D eigenvalue weighted by atomic mass is 9.88. The van der Waals surface area contributed by atoms with Crippen LogP contribution in [0.15, 0.2) is 29.2 Å². The topological polar surface area (TPSA) is 83.5 Å². The van der Waals surface area contributed by atoms with Gasteiger partial charge in [-0.05, 0) is 42.5 Å². The van der Waals surface area contributed by atoms with Gasteiger partial charge in [-0.15, -0.1) is 0 Å². The fourth-order valence-electron chi connectivity index (χ4n) is 2.58. The number of hydrogen-bond acceptors (Lipinski definition) is 3. The van der Waals surface area contributed by atoms with E-state index in [2.05, 4.69) is 18.6 Å². The molecule has 1 aliphatic rings. The Balaban J connectivity index is 2.20. The van der Waals surface area contributed by atoms with Crippen LogP contribution in [0.3, 0.4) is 0 Å². The lowest BCUT2D eigenvalue weighted by molar-refractivity contribution is 0.0696. The molecular formula is C14H19NO4S. The van der Waals surface area contributed by atoms with Gasteiger partial charge in [0.15, 0.2) is 0 Å². The first-order valence-electron chi connectivity index (χ1n) is 6.58. The molecule has 1 saturated carbocycles. The smallest absolute Gasteiger partial charge is 0.335 e. The lowest BCUT2D eigenvalue weighted by Crippen LogP contribution is -2.41. The first kappa shape index (κ1) is 15.0. The largest absolute Gasteiger partial charge is 0.478 e. The summed E-state index contributed by atoms with van der Waals surface area (Å²) in [7, 11) is -3.60. The normalized spacial score (nSPS) is 21.8. The van der Waals surface area contributed by atoms with Crippen molar-refractivity contribution in [1.29, 1.82) is 0 Å². The molecule has 2 N–H and O–H groups in total. The molecule has 1 fully saturated rings. The summed E-state index contributed by atoms with van der Waals surface area (Å²) in [6.45, 7) is 4.11. The molecule has 0 heterocycles. The van der Waals surface area contributed by atoms with Gasteiger partial charge in [-0.25, -0.2) is 17.9 Å². The van der Waals surface area contributed by atoms with Crippen LogP contribution in [-0.4, -0.2) is 25.5 Å². The van der Waals surface area contributed by atoms with Crippen LogP contribution in [-0.2, 0) is 10.0 Å². The number of nitrogens with one attached hydrogen (secondary N) is 1. The summed E-state index contributed by atoms with van der Waals surface area (Å²) in [6, 6.07) is 5.18. The van der Waals surface area contributed by atoms with Gasteiger partial charge in [0, 0.05) is 6.04 Å². The Morgan fingerprint density at radius 2 is 1.90 bits per heavy atom. The van der Waals surface area contributed by atoms with Gasteiger partial charge < -0.3 is 5.11 Å². The van der Waals surface area contributed by atoms with E-state index >= 15 is 0 Å². The van der Waals surface area contributed by atoms with E-state index < -0.39 is 16.0 Å². The number of carbonyl (C=O) groups is 1. The molecule has 20 heavy (non-hydrogen) atoms. The number of benzene rings is 1. The average molecular weight is 297 g/mol. The number of carboxylic acids is 1. The maximum absolute atomic E-state index is 12.3. The first-order chi connectivity index (χ1) is 9.22. The fourth-order valence-corrected chi connectivity index (χ4v) is 4.02. The Morgan fingerprint density at radius 1 is 1.30 bits per heavy atom. The highest BCUT2D eigenvalue weighted by Crippen LogP contribution is 2.37. The van der Waals surface area contributed by atoms with Crippen molar-refractivity contribution in [3.63, 3.8) is 0 Å². The quantitative estimate of drug-likeness (QED) is 0.892. The van der Waals surface area contributed by atoms with Crippen molar-refractivity contribution >= 4 is 16.0 Å². The zero-order valence-corrected chi connectivity index (χ0v) is 12.4.